The zero-order valence-corrected chi connectivity index (χ0v) is 13.5. The lowest BCUT2D eigenvalue weighted by Crippen LogP contribution is -2.40. The van der Waals surface area contributed by atoms with Crippen LogP contribution in [-0.4, -0.2) is 19.1 Å². The first-order chi connectivity index (χ1) is 11.1. The number of carbonyl (C=O) groups excluding carboxylic acids is 1. The highest BCUT2D eigenvalue weighted by Gasteiger charge is 2.35. The molecule has 2 aromatic rings. The maximum atomic E-state index is 13.0. The van der Waals surface area contributed by atoms with Crippen LogP contribution in [0.4, 0.5) is 5.69 Å². The van der Waals surface area contributed by atoms with E-state index in [0.717, 1.165) is 11.4 Å². The maximum absolute atomic E-state index is 13.0. The number of anilines is 1. The molecule has 1 aliphatic rings. The summed E-state index contributed by atoms with van der Waals surface area (Å²) in [6.07, 6.45) is 3.82. The molecule has 122 valence electrons. The average Bonchev–Trinajstić information content (AvgIpc) is 3.32. The number of methoxy groups -OCH3 is 1. The molecular weight excluding hydrogens is 292 g/mol. The monoisotopic (exact) mass is 314 g/mol. The van der Waals surface area contributed by atoms with Crippen molar-refractivity contribution in [3.63, 3.8) is 0 Å². The number of rotatable bonds is 6. The molecule has 1 aromatic carbocycles. The van der Waals surface area contributed by atoms with Crippen molar-refractivity contribution >= 4 is 11.6 Å². The zero-order valence-electron chi connectivity index (χ0n) is 13.5. The molecule has 5 nitrogen and oxygen atoms in total. The lowest BCUT2D eigenvalue weighted by atomic mass is 10.1. The Balaban J connectivity index is 1.92. The second kappa shape index (κ2) is 6.46. The molecule has 1 aliphatic carbocycles. The summed E-state index contributed by atoms with van der Waals surface area (Å²) in [5.41, 5.74) is 6.97. The number of ether oxygens (including phenoxy) is 1. The Morgan fingerprint density at radius 2 is 2.09 bits per heavy atom. The molecule has 1 unspecified atom stereocenters. The predicted molar refractivity (Wildman–Crippen MR) is 88.6 cm³/mol. The molecule has 1 fully saturated rings. The van der Waals surface area contributed by atoms with Crippen molar-refractivity contribution in [1.82, 2.24) is 0 Å². The number of carbonyl (C=O) groups is 1. The third-order valence-corrected chi connectivity index (χ3v) is 4.38. The number of benzene rings is 1. The molecule has 1 heterocycles. The second-order valence-electron chi connectivity index (χ2n) is 5.96. The van der Waals surface area contributed by atoms with Crippen LogP contribution in [0, 0.1) is 5.92 Å². The van der Waals surface area contributed by atoms with Crippen LogP contribution in [0.15, 0.2) is 41.0 Å². The van der Waals surface area contributed by atoms with Crippen molar-refractivity contribution in [3.8, 4) is 5.75 Å². The number of amides is 1. The summed E-state index contributed by atoms with van der Waals surface area (Å²) < 4.78 is 10.5. The van der Waals surface area contributed by atoms with Gasteiger partial charge in [-0.3, -0.25) is 4.79 Å². The summed E-state index contributed by atoms with van der Waals surface area (Å²) in [5, 5.41) is 0. The minimum Gasteiger partial charge on any atom is -0.497 e. The van der Waals surface area contributed by atoms with E-state index < -0.39 is 0 Å². The second-order valence-corrected chi connectivity index (χ2v) is 5.96. The van der Waals surface area contributed by atoms with E-state index in [1.807, 2.05) is 29.2 Å². The van der Waals surface area contributed by atoms with Crippen LogP contribution in [0.5, 0.6) is 5.75 Å². The number of hydrogen-bond acceptors (Lipinski definition) is 4. The van der Waals surface area contributed by atoms with Gasteiger partial charge in [-0.25, -0.2) is 0 Å². The largest absolute Gasteiger partial charge is 0.497 e. The molecule has 3 rings (SSSR count). The molecule has 0 aliphatic heterocycles. The first kappa shape index (κ1) is 15.6. The molecule has 2 N–H and O–H groups in total. The summed E-state index contributed by atoms with van der Waals surface area (Å²) in [6, 6.07) is 9.44. The molecule has 0 radical (unpaired) electrons. The van der Waals surface area contributed by atoms with Crippen LogP contribution >= 0.6 is 0 Å². The molecule has 5 heteroatoms. The Labute approximate surface area is 136 Å². The van der Waals surface area contributed by atoms with Gasteiger partial charge in [0.2, 0.25) is 0 Å². The van der Waals surface area contributed by atoms with Crippen LogP contribution in [-0.2, 0) is 6.54 Å². The fraction of sp³-hybridized carbons (Fsp3) is 0.389. The zero-order chi connectivity index (χ0) is 16.4. The molecule has 1 aromatic heterocycles. The van der Waals surface area contributed by atoms with Crippen LogP contribution < -0.4 is 15.4 Å². The van der Waals surface area contributed by atoms with Gasteiger partial charge in [-0.15, -0.1) is 0 Å². The normalized spacial score (nSPS) is 15.3. The smallest absolute Gasteiger partial charge is 0.261 e. The number of furan rings is 1. The van der Waals surface area contributed by atoms with Crippen molar-refractivity contribution in [2.45, 2.75) is 32.4 Å². The molecular formula is C18H22N2O3. The van der Waals surface area contributed by atoms with Gasteiger partial charge in [0, 0.05) is 11.7 Å². The van der Waals surface area contributed by atoms with Gasteiger partial charge >= 0.3 is 0 Å². The van der Waals surface area contributed by atoms with E-state index in [0.29, 0.717) is 17.2 Å². The van der Waals surface area contributed by atoms with Gasteiger partial charge in [-0.2, -0.15) is 0 Å². The van der Waals surface area contributed by atoms with Gasteiger partial charge < -0.3 is 19.8 Å². The fourth-order valence-electron chi connectivity index (χ4n) is 2.81. The highest BCUT2D eigenvalue weighted by atomic mass is 16.5. The summed E-state index contributed by atoms with van der Waals surface area (Å²) in [4.78, 5) is 14.8. The molecule has 1 atom stereocenters. The van der Waals surface area contributed by atoms with Crippen molar-refractivity contribution in [2.75, 3.05) is 12.0 Å². The molecule has 1 amide bonds. The summed E-state index contributed by atoms with van der Waals surface area (Å²) in [7, 11) is 1.63. The van der Waals surface area contributed by atoms with Crippen molar-refractivity contribution < 1.29 is 13.9 Å². The third-order valence-electron chi connectivity index (χ3n) is 4.38. The fourth-order valence-corrected chi connectivity index (χ4v) is 2.81. The minimum atomic E-state index is -0.0574. The van der Waals surface area contributed by atoms with Gasteiger partial charge in [-0.1, -0.05) is 0 Å². The first-order valence-electron chi connectivity index (χ1n) is 7.89. The first-order valence-corrected chi connectivity index (χ1v) is 7.89. The Kier molecular flexibility index (Phi) is 4.39. The average molecular weight is 314 g/mol. The molecule has 0 spiro atoms. The van der Waals surface area contributed by atoms with Gasteiger partial charge in [-0.05, 0) is 56.0 Å². The van der Waals surface area contributed by atoms with E-state index in [1.54, 1.807) is 13.2 Å². The molecule has 1 saturated carbocycles. The van der Waals surface area contributed by atoms with E-state index in [9.17, 15) is 4.79 Å². The van der Waals surface area contributed by atoms with E-state index in [-0.39, 0.29) is 18.5 Å². The van der Waals surface area contributed by atoms with E-state index >= 15 is 0 Å². The van der Waals surface area contributed by atoms with Crippen molar-refractivity contribution in [1.29, 1.82) is 0 Å². The van der Waals surface area contributed by atoms with Gasteiger partial charge in [0.1, 0.15) is 17.8 Å². The number of hydrogen-bond donors (Lipinski definition) is 1. The minimum absolute atomic E-state index is 0.0574. The maximum Gasteiger partial charge on any atom is 0.261 e. The molecule has 0 saturated heterocycles. The number of nitrogens with two attached hydrogens (primary N) is 1. The lowest BCUT2D eigenvalue weighted by molar-refractivity contribution is 0.0975. The summed E-state index contributed by atoms with van der Waals surface area (Å²) in [6.45, 7) is 2.39. The van der Waals surface area contributed by atoms with Crippen LogP contribution in [0.3, 0.4) is 0 Å². The highest BCUT2D eigenvalue weighted by molar-refractivity contribution is 6.06. The van der Waals surface area contributed by atoms with E-state index in [2.05, 4.69) is 6.92 Å². The van der Waals surface area contributed by atoms with Crippen molar-refractivity contribution in [2.24, 2.45) is 11.7 Å². The van der Waals surface area contributed by atoms with Crippen LogP contribution in [0.2, 0.25) is 0 Å². The summed E-state index contributed by atoms with van der Waals surface area (Å²) >= 11 is 0. The van der Waals surface area contributed by atoms with E-state index in [1.165, 1.54) is 19.1 Å². The van der Waals surface area contributed by atoms with Crippen molar-refractivity contribution in [3.05, 3.63) is 47.9 Å². The van der Waals surface area contributed by atoms with E-state index in [4.69, 9.17) is 14.9 Å². The standard InChI is InChI=1S/C18H22N2O3/c1-12(13-3-4-13)20(15-5-7-16(22-2)8-6-15)18(21)14-9-17(10-19)23-11-14/h5-9,11-13H,3-4,10,19H2,1-2H3. The Hall–Kier alpha value is -2.27. The predicted octanol–water partition coefficient (Wildman–Crippen LogP) is 3.19. The summed E-state index contributed by atoms with van der Waals surface area (Å²) in [5.74, 6) is 1.89. The van der Waals surface area contributed by atoms with Crippen LogP contribution in [0.25, 0.3) is 0 Å². The lowest BCUT2D eigenvalue weighted by Gasteiger charge is -2.29. The van der Waals surface area contributed by atoms with Gasteiger partial charge in [0.25, 0.3) is 5.91 Å². The Morgan fingerprint density at radius 1 is 1.39 bits per heavy atom. The third kappa shape index (κ3) is 3.24. The Bertz CT molecular complexity index is 674. The highest BCUT2D eigenvalue weighted by Crippen LogP contribution is 2.38. The van der Waals surface area contributed by atoms with Gasteiger partial charge in [0.05, 0.1) is 19.2 Å². The Morgan fingerprint density at radius 3 is 2.61 bits per heavy atom. The van der Waals surface area contributed by atoms with Gasteiger partial charge in [0.15, 0.2) is 0 Å². The quantitative estimate of drug-likeness (QED) is 0.889. The number of nitrogens with zero attached hydrogens (tertiary/aromatic N) is 1. The molecule has 0 bridgehead atoms. The SMILES string of the molecule is COc1ccc(N(C(=O)c2coc(CN)c2)C(C)C2CC2)cc1. The topological polar surface area (TPSA) is 68.7 Å². The molecule has 23 heavy (non-hydrogen) atoms. The van der Waals surface area contributed by atoms with Crippen LogP contribution in [0.1, 0.15) is 35.9 Å².